The van der Waals surface area contributed by atoms with Crippen LogP contribution in [0.3, 0.4) is 0 Å². The molecule has 0 radical (unpaired) electrons. The average Bonchev–Trinajstić information content (AvgIpc) is 2.01. The summed E-state index contributed by atoms with van der Waals surface area (Å²) in [5.41, 5.74) is 1.19. The largest absolute Gasteiger partial charge is 0.305 e. The van der Waals surface area contributed by atoms with Gasteiger partial charge >= 0.3 is 0 Å². The fourth-order valence-corrected chi connectivity index (χ4v) is 1.17. The Kier molecular flexibility index (Phi) is 2.99. The lowest BCUT2D eigenvalue weighted by atomic mass is 10.1. The molecule has 0 saturated carbocycles. The lowest BCUT2D eigenvalue weighted by molar-refractivity contribution is 0.401. The van der Waals surface area contributed by atoms with E-state index in [1.807, 2.05) is 25.1 Å². The number of nitriles is 1. The van der Waals surface area contributed by atoms with Gasteiger partial charge in [0.2, 0.25) is 0 Å². The Labute approximate surface area is 77.2 Å². The van der Waals surface area contributed by atoms with Crippen LogP contribution in [0.5, 0.6) is 0 Å². The van der Waals surface area contributed by atoms with Crippen LogP contribution in [0.1, 0.15) is 11.1 Å². The molecule has 13 heavy (non-hydrogen) atoms. The summed E-state index contributed by atoms with van der Waals surface area (Å²) in [6.07, 6.45) is 0. The van der Waals surface area contributed by atoms with E-state index in [1.165, 1.54) is 12.1 Å². The van der Waals surface area contributed by atoms with Crippen molar-refractivity contribution < 1.29 is 4.39 Å². The highest BCUT2D eigenvalue weighted by molar-refractivity contribution is 5.33. The van der Waals surface area contributed by atoms with E-state index in [0.29, 0.717) is 12.1 Å². The minimum absolute atomic E-state index is 0.351. The van der Waals surface area contributed by atoms with E-state index < -0.39 is 0 Å². The van der Waals surface area contributed by atoms with Gasteiger partial charge in [0, 0.05) is 6.54 Å². The van der Waals surface area contributed by atoms with Gasteiger partial charge in [0.1, 0.15) is 5.82 Å². The van der Waals surface area contributed by atoms with Crippen LogP contribution in [0.2, 0.25) is 0 Å². The summed E-state index contributed by atoms with van der Waals surface area (Å²) in [4.78, 5) is 1.93. The van der Waals surface area contributed by atoms with Crippen molar-refractivity contribution in [3.63, 3.8) is 0 Å². The van der Waals surface area contributed by atoms with Crippen molar-refractivity contribution in [2.45, 2.75) is 6.54 Å². The summed E-state index contributed by atoms with van der Waals surface area (Å²) in [5.74, 6) is -0.351. The Morgan fingerprint density at radius 3 is 2.62 bits per heavy atom. The lowest BCUT2D eigenvalue weighted by Gasteiger charge is -2.09. The van der Waals surface area contributed by atoms with Gasteiger partial charge in [-0.15, -0.1) is 0 Å². The van der Waals surface area contributed by atoms with Gasteiger partial charge in [0.25, 0.3) is 0 Å². The minimum atomic E-state index is -0.351. The third-order valence-corrected chi connectivity index (χ3v) is 1.59. The maximum absolute atomic E-state index is 12.9. The molecular weight excluding hydrogens is 167 g/mol. The van der Waals surface area contributed by atoms with Gasteiger partial charge < -0.3 is 4.90 Å². The molecule has 0 fully saturated rings. The van der Waals surface area contributed by atoms with Crippen LogP contribution >= 0.6 is 0 Å². The normalized spacial score (nSPS) is 10.1. The standard InChI is InChI=1S/C10H11FN2/c1-13(2)7-9-3-8(6-12)4-10(11)5-9/h3-5H,7H2,1-2H3. The van der Waals surface area contributed by atoms with E-state index in [0.717, 1.165) is 5.56 Å². The molecule has 3 heteroatoms. The van der Waals surface area contributed by atoms with Crippen LogP contribution in [-0.4, -0.2) is 19.0 Å². The quantitative estimate of drug-likeness (QED) is 0.690. The van der Waals surface area contributed by atoms with Crippen LogP contribution in [0.25, 0.3) is 0 Å². The molecule has 0 spiro atoms. The fraction of sp³-hybridized carbons (Fsp3) is 0.300. The van der Waals surface area contributed by atoms with Crippen molar-refractivity contribution in [3.8, 4) is 6.07 Å². The highest BCUT2D eigenvalue weighted by atomic mass is 19.1. The van der Waals surface area contributed by atoms with Gasteiger partial charge in [0.15, 0.2) is 0 Å². The highest BCUT2D eigenvalue weighted by Gasteiger charge is 2.00. The highest BCUT2D eigenvalue weighted by Crippen LogP contribution is 2.09. The Morgan fingerprint density at radius 1 is 1.38 bits per heavy atom. The number of halogens is 1. The van der Waals surface area contributed by atoms with Crippen LogP contribution < -0.4 is 0 Å². The Balaban J connectivity index is 2.96. The summed E-state index contributed by atoms with van der Waals surface area (Å²) in [6, 6.07) is 6.30. The second kappa shape index (κ2) is 4.01. The smallest absolute Gasteiger partial charge is 0.124 e. The first kappa shape index (κ1) is 9.69. The van der Waals surface area contributed by atoms with Crippen molar-refractivity contribution in [2.75, 3.05) is 14.1 Å². The van der Waals surface area contributed by atoms with E-state index in [1.54, 1.807) is 6.07 Å². The summed E-state index contributed by atoms with van der Waals surface area (Å²) in [6.45, 7) is 0.645. The van der Waals surface area contributed by atoms with E-state index in [-0.39, 0.29) is 5.82 Å². The van der Waals surface area contributed by atoms with Gasteiger partial charge in [-0.1, -0.05) is 0 Å². The number of rotatable bonds is 2. The number of hydrogen-bond donors (Lipinski definition) is 0. The molecular formula is C10H11FN2. The zero-order valence-corrected chi connectivity index (χ0v) is 7.71. The van der Waals surface area contributed by atoms with Gasteiger partial charge in [-0.25, -0.2) is 4.39 Å². The topological polar surface area (TPSA) is 27.0 Å². The molecule has 68 valence electrons. The molecule has 0 aliphatic heterocycles. The van der Waals surface area contributed by atoms with Crippen LogP contribution in [0, 0.1) is 17.1 Å². The van der Waals surface area contributed by atoms with Gasteiger partial charge in [-0.05, 0) is 37.9 Å². The summed E-state index contributed by atoms with van der Waals surface area (Å²) >= 11 is 0. The first-order chi connectivity index (χ1) is 6.11. The zero-order chi connectivity index (χ0) is 9.84. The Morgan fingerprint density at radius 2 is 2.08 bits per heavy atom. The fourth-order valence-electron chi connectivity index (χ4n) is 1.17. The third-order valence-electron chi connectivity index (χ3n) is 1.59. The van der Waals surface area contributed by atoms with Gasteiger partial charge in [-0.3, -0.25) is 0 Å². The molecule has 0 aliphatic rings. The molecule has 0 aliphatic carbocycles. The van der Waals surface area contributed by atoms with E-state index in [2.05, 4.69) is 0 Å². The molecule has 2 nitrogen and oxygen atoms in total. The van der Waals surface area contributed by atoms with Crippen molar-refractivity contribution in [1.82, 2.24) is 4.90 Å². The molecule has 0 amide bonds. The molecule has 0 aromatic heterocycles. The number of nitrogens with zero attached hydrogens (tertiary/aromatic N) is 2. The van der Waals surface area contributed by atoms with Crippen LogP contribution in [0.15, 0.2) is 18.2 Å². The second-order valence-electron chi connectivity index (χ2n) is 3.20. The Hall–Kier alpha value is -1.40. The van der Waals surface area contributed by atoms with Gasteiger partial charge in [0.05, 0.1) is 11.6 Å². The molecule has 0 N–H and O–H groups in total. The number of hydrogen-bond acceptors (Lipinski definition) is 2. The second-order valence-corrected chi connectivity index (χ2v) is 3.20. The van der Waals surface area contributed by atoms with Crippen molar-refractivity contribution in [2.24, 2.45) is 0 Å². The minimum Gasteiger partial charge on any atom is -0.305 e. The van der Waals surface area contributed by atoms with Crippen molar-refractivity contribution >= 4 is 0 Å². The van der Waals surface area contributed by atoms with E-state index >= 15 is 0 Å². The molecule has 0 heterocycles. The van der Waals surface area contributed by atoms with E-state index in [4.69, 9.17) is 5.26 Å². The van der Waals surface area contributed by atoms with Gasteiger partial charge in [-0.2, -0.15) is 5.26 Å². The lowest BCUT2D eigenvalue weighted by Crippen LogP contribution is -2.10. The molecule has 0 bridgehead atoms. The summed E-state index contributed by atoms with van der Waals surface area (Å²) in [7, 11) is 3.80. The predicted molar refractivity (Wildman–Crippen MR) is 48.5 cm³/mol. The number of benzene rings is 1. The molecule has 1 rings (SSSR count). The summed E-state index contributed by atoms with van der Waals surface area (Å²) < 4.78 is 12.9. The van der Waals surface area contributed by atoms with Crippen molar-refractivity contribution in [3.05, 3.63) is 35.1 Å². The predicted octanol–water partition coefficient (Wildman–Crippen LogP) is 1.76. The molecule has 0 unspecified atom stereocenters. The van der Waals surface area contributed by atoms with Crippen LogP contribution in [-0.2, 0) is 6.54 Å². The zero-order valence-electron chi connectivity index (χ0n) is 7.71. The maximum atomic E-state index is 12.9. The molecule has 0 atom stereocenters. The van der Waals surface area contributed by atoms with Crippen LogP contribution in [0.4, 0.5) is 4.39 Å². The Bertz CT molecular complexity index is 339. The first-order valence-electron chi connectivity index (χ1n) is 3.96. The molecule has 1 aromatic carbocycles. The average molecular weight is 178 g/mol. The molecule has 1 aromatic rings. The third kappa shape index (κ3) is 2.85. The van der Waals surface area contributed by atoms with E-state index in [9.17, 15) is 4.39 Å². The monoisotopic (exact) mass is 178 g/mol. The SMILES string of the molecule is CN(C)Cc1cc(F)cc(C#N)c1. The molecule has 0 saturated heterocycles. The first-order valence-corrected chi connectivity index (χ1v) is 3.96. The summed E-state index contributed by atoms with van der Waals surface area (Å²) in [5, 5.41) is 8.59. The maximum Gasteiger partial charge on any atom is 0.124 e. The van der Waals surface area contributed by atoms with Crippen molar-refractivity contribution in [1.29, 1.82) is 5.26 Å².